The number of rotatable bonds is 3. The van der Waals surface area contributed by atoms with E-state index in [1.165, 1.54) is 0 Å². The van der Waals surface area contributed by atoms with Crippen LogP contribution in [0.5, 0.6) is 0 Å². The number of thioether (sulfide) groups is 1. The quantitative estimate of drug-likeness (QED) is 0.365. The highest BCUT2D eigenvalue weighted by Crippen LogP contribution is 2.44. The molecule has 0 amide bonds. The van der Waals surface area contributed by atoms with Gasteiger partial charge in [0.05, 0.1) is 35.9 Å². The fourth-order valence-corrected chi connectivity index (χ4v) is 5.71. The van der Waals surface area contributed by atoms with Crippen LogP contribution in [-0.2, 0) is 0 Å². The van der Waals surface area contributed by atoms with Gasteiger partial charge in [-0.3, -0.25) is 0 Å². The summed E-state index contributed by atoms with van der Waals surface area (Å²) in [5, 5.41) is 13.4. The van der Waals surface area contributed by atoms with Crippen molar-refractivity contribution in [1.29, 1.82) is 5.26 Å². The van der Waals surface area contributed by atoms with E-state index in [2.05, 4.69) is 20.8 Å². The van der Waals surface area contributed by atoms with Crippen molar-refractivity contribution in [2.24, 2.45) is 0 Å². The topological polar surface area (TPSA) is 33.5 Å². The second kappa shape index (κ2) is 9.40. The first kappa shape index (κ1) is 22.3. The summed E-state index contributed by atoms with van der Waals surface area (Å²) in [6.07, 6.45) is 0. The molecule has 0 N–H and O–H groups in total. The van der Waals surface area contributed by atoms with Crippen molar-refractivity contribution in [3.63, 3.8) is 0 Å². The van der Waals surface area contributed by atoms with Crippen molar-refractivity contribution in [3.8, 4) is 6.07 Å². The van der Waals surface area contributed by atoms with E-state index in [9.17, 15) is 5.26 Å². The molecule has 0 spiro atoms. The monoisotopic (exact) mass is 512 g/mol. The van der Waals surface area contributed by atoms with Crippen LogP contribution >= 0.6 is 46.6 Å². The number of anilines is 2. The molecule has 3 aromatic rings. The van der Waals surface area contributed by atoms with Gasteiger partial charge >= 0.3 is 0 Å². The number of nitriles is 1. The van der Waals surface area contributed by atoms with E-state index in [1.54, 1.807) is 11.8 Å². The van der Waals surface area contributed by atoms with Crippen LogP contribution in [0.2, 0.25) is 15.1 Å². The van der Waals surface area contributed by atoms with Crippen LogP contribution < -0.4 is 9.80 Å². The highest BCUT2D eigenvalue weighted by atomic mass is 35.5. The van der Waals surface area contributed by atoms with Gasteiger partial charge in [0, 0.05) is 26.4 Å². The second-order valence-corrected chi connectivity index (χ2v) is 10.1. The number of benzene rings is 3. The Hall–Kier alpha value is -2.49. The molecule has 1 unspecified atom stereocenters. The lowest BCUT2D eigenvalue weighted by Gasteiger charge is -2.48. The smallest absolute Gasteiger partial charge is 0.100 e. The summed E-state index contributed by atoms with van der Waals surface area (Å²) in [7, 11) is 0. The molecule has 1 atom stereocenters. The third-order valence-electron chi connectivity index (χ3n) is 5.78. The van der Waals surface area contributed by atoms with Crippen LogP contribution in [0, 0.1) is 11.3 Å². The van der Waals surface area contributed by atoms with E-state index < -0.39 is 0 Å². The summed E-state index contributed by atoms with van der Waals surface area (Å²) in [4.78, 5) is 6.78. The Morgan fingerprint density at radius 1 is 0.727 bits per heavy atom. The summed E-state index contributed by atoms with van der Waals surface area (Å²) in [5.41, 5.74) is 3.86. The Labute approximate surface area is 212 Å². The van der Waals surface area contributed by atoms with Gasteiger partial charge in [-0.15, -0.1) is 0 Å². The van der Waals surface area contributed by atoms with Crippen LogP contribution in [0.25, 0.3) is 0 Å². The zero-order valence-electron chi connectivity index (χ0n) is 17.5. The fraction of sp³-hybridized carbons (Fsp3) is 0.160. The maximum atomic E-state index is 10.3. The zero-order chi connectivity index (χ0) is 22.9. The van der Waals surface area contributed by atoms with Crippen LogP contribution in [-0.4, -0.2) is 24.1 Å². The lowest BCUT2D eigenvalue weighted by Crippen LogP contribution is -2.51. The van der Waals surface area contributed by atoms with Crippen LogP contribution in [0.3, 0.4) is 0 Å². The molecule has 166 valence electrons. The first-order valence-corrected chi connectivity index (χ1v) is 12.5. The lowest BCUT2D eigenvalue weighted by atomic mass is 9.96. The molecule has 0 bridgehead atoms. The Morgan fingerprint density at radius 3 is 1.85 bits per heavy atom. The van der Waals surface area contributed by atoms with Gasteiger partial charge < -0.3 is 14.7 Å². The van der Waals surface area contributed by atoms with Gasteiger partial charge in [0.25, 0.3) is 0 Å². The molecule has 33 heavy (non-hydrogen) atoms. The first-order chi connectivity index (χ1) is 16.0. The van der Waals surface area contributed by atoms with Crippen molar-refractivity contribution in [3.05, 3.63) is 104 Å². The van der Waals surface area contributed by atoms with E-state index in [0.29, 0.717) is 28.4 Å². The van der Waals surface area contributed by atoms with E-state index in [4.69, 9.17) is 34.8 Å². The molecule has 4 nitrogen and oxygen atoms in total. The summed E-state index contributed by atoms with van der Waals surface area (Å²) in [6.45, 7) is 1.30. The van der Waals surface area contributed by atoms with Gasteiger partial charge in [0.15, 0.2) is 0 Å². The lowest BCUT2D eigenvalue weighted by molar-refractivity contribution is 0.326. The van der Waals surface area contributed by atoms with E-state index in [-0.39, 0.29) is 6.04 Å². The molecule has 0 radical (unpaired) electrons. The highest BCUT2D eigenvalue weighted by Gasteiger charge is 2.38. The minimum Gasteiger partial charge on any atom is -0.344 e. The fourth-order valence-electron chi connectivity index (χ4n) is 4.21. The van der Waals surface area contributed by atoms with Crippen molar-refractivity contribution in [2.75, 3.05) is 29.0 Å². The number of halogens is 3. The largest absolute Gasteiger partial charge is 0.344 e. The van der Waals surface area contributed by atoms with Gasteiger partial charge in [0.1, 0.15) is 6.07 Å². The maximum absolute atomic E-state index is 10.3. The average Bonchev–Trinajstić information content (AvgIpc) is 2.84. The predicted octanol–water partition coefficient (Wildman–Crippen LogP) is 7.37. The van der Waals surface area contributed by atoms with Gasteiger partial charge in [0.2, 0.25) is 0 Å². The summed E-state index contributed by atoms with van der Waals surface area (Å²) in [5.74, 6) is 0.757. The van der Waals surface area contributed by atoms with E-state index >= 15 is 0 Å². The Bertz CT molecular complexity index is 1220. The van der Waals surface area contributed by atoms with Crippen molar-refractivity contribution < 1.29 is 0 Å². The maximum Gasteiger partial charge on any atom is 0.100 e. The highest BCUT2D eigenvalue weighted by molar-refractivity contribution is 8.03. The summed E-state index contributed by atoms with van der Waals surface area (Å²) >= 11 is 20.1. The minimum atomic E-state index is -0.214. The number of hydrogen-bond donors (Lipinski definition) is 0. The van der Waals surface area contributed by atoms with E-state index in [0.717, 1.165) is 33.4 Å². The van der Waals surface area contributed by atoms with Crippen molar-refractivity contribution >= 4 is 57.9 Å². The standard InChI is InChI=1S/C25H19Cl3N4S/c26-18-3-1-17(2-4-18)24-23(13-29)25-30(15-32(24)22-11-7-20(28)8-12-22)14-31(16-33-25)21-9-5-19(27)6-10-21/h1-12,24H,14-16H2. The molecule has 1 fully saturated rings. The Morgan fingerprint density at radius 2 is 1.27 bits per heavy atom. The van der Waals surface area contributed by atoms with Crippen LogP contribution in [0.4, 0.5) is 11.4 Å². The summed E-state index contributed by atoms with van der Waals surface area (Å²) in [6, 6.07) is 25.7. The van der Waals surface area contributed by atoms with Crippen molar-refractivity contribution in [2.45, 2.75) is 6.04 Å². The first-order valence-electron chi connectivity index (χ1n) is 10.3. The SMILES string of the molecule is N#CC1=C2SCN(c3ccc(Cl)cc3)CN2CN(c2ccc(Cl)cc2)C1c1ccc(Cl)cc1. The van der Waals surface area contributed by atoms with Crippen LogP contribution in [0.1, 0.15) is 11.6 Å². The van der Waals surface area contributed by atoms with Gasteiger partial charge in [-0.05, 0) is 66.2 Å². The minimum absolute atomic E-state index is 0.214. The zero-order valence-corrected chi connectivity index (χ0v) is 20.5. The molecule has 5 rings (SSSR count). The molecule has 8 heteroatoms. The molecule has 1 saturated heterocycles. The number of nitrogens with zero attached hydrogens (tertiary/aromatic N) is 4. The third kappa shape index (κ3) is 4.49. The Kier molecular flexibility index (Phi) is 6.36. The predicted molar refractivity (Wildman–Crippen MR) is 139 cm³/mol. The molecular formula is C25H19Cl3N4S. The second-order valence-electron chi connectivity index (χ2n) is 7.84. The van der Waals surface area contributed by atoms with Crippen LogP contribution in [0.15, 0.2) is 83.4 Å². The number of fused-ring (bicyclic) bond motifs is 1. The molecular weight excluding hydrogens is 495 g/mol. The van der Waals surface area contributed by atoms with Gasteiger partial charge in [-0.2, -0.15) is 5.26 Å². The Balaban J connectivity index is 1.56. The van der Waals surface area contributed by atoms with Gasteiger partial charge in [-0.1, -0.05) is 58.7 Å². The molecule has 2 aliphatic rings. The third-order valence-corrected chi connectivity index (χ3v) is 7.73. The normalized spacial score (nSPS) is 18.2. The molecule has 3 aromatic carbocycles. The molecule has 0 saturated carbocycles. The molecule has 0 aliphatic carbocycles. The molecule has 0 aromatic heterocycles. The van der Waals surface area contributed by atoms with E-state index in [1.807, 2.05) is 72.8 Å². The van der Waals surface area contributed by atoms with Gasteiger partial charge in [-0.25, -0.2) is 0 Å². The molecule has 2 aliphatic heterocycles. The average molecular weight is 514 g/mol. The summed E-state index contributed by atoms with van der Waals surface area (Å²) < 4.78 is 0. The number of hydrogen-bond acceptors (Lipinski definition) is 5. The molecule has 2 heterocycles. The van der Waals surface area contributed by atoms with Crippen molar-refractivity contribution in [1.82, 2.24) is 4.90 Å².